The van der Waals surface area contributed by atoms with Crippen molar-refractivity contribution in [1.82, 2.24) is 0 Å². The van der Waals surface area contributed by atoms with E-state index < -0.39 is 0 Å². The van der Waals surface area contributed by atoms with E-state index in [1.54, 1.807) is 0 Å². The molecule has 0 atom stereocenters. The summed E-state index contributed by atoms with van der Waals surface area (Å²) in [5.41, 5.74) is 9.83. The van der Waals surface area contributed by atoms with Gasteiger partial charge in [-0.2, -0.15) is 0 Å². The fraction of sp³-hybridized carbons (Fsp3) is 0. The predicted octanol–water partition coefficient (Wildman–Crippen LogP) is 12.8. The van der Waals surface area contributed by atoms with Crippen LogP contribution in [0.5, 0.6) is 0 Å². The van der Waals surface area contributed by atoms with Gasteiger partial charge in [0.1, 0.15) is 11.2 Å². The lowest BCUT2D eigenvalue weighted by Crippen LogP contribution is -2.11. The molecule has 2 nitrogen and oxygen atoms in total. The van der Waals surface area contributed by atoms with Crippen LogP contribution in [-0.4, -0.2) is 0 Å². The molecule has 45 heavy (non-hydrogen) atoms. The molecule has 0 aliphatic heterocycles. The van der Waals surface area contributed by atoms with Gasteiger partial charge in [-0.1, -0.05) is 121 Å². The largest absolute Gasteiger partial charge is 0.456 e. The van der Waals surface area contributed by atoms with Crippen LogP contribution in [0.1, 0.15) is 0 Å². The van der Waals surface area contributed by atoms with E-state index in [4.69, 9.17) is 4.42 Å². The maximum Gasteiger partial charge on any atom is 0.138 e. The lowest BCUT2D eigenvalue weighted by molar-refractivity contribution is 0.669. The average Bonchev–Trinajstić information content (AvgIpc) is 3.68. The van der Waals surface area contributed by atoms with Crippen LogP contribution < -0.4 is 4.90 Å². The average molecular weight is 594 g/mol. The Labute approximate surface area is 265 Å². The van der Waals surface area contributed by atoms with Crippen molar-refractivity contribution in [3.05, 3.63) is 164 Å². The first-order valence-corrected chi connectivity index (χ1v) is 16.0. The number of nitrogens with zero attached hydrogens (tertiary/aromatic N) is 1. The van der Waals surface area contributed by atoms with Crippen molar-refractivity contribution in [3.8, 4) is 22.3 Å². The normalized spacial score (nSPS) is 11.6. The van der Waals surface area contributed by atoms with Crippen LogP contribution in [0.3, 0.4) is 0 Å². The fourth-order valence-electron chi connectivity index (χ4n) is 6.62. The quantitative estimate of drug-likeness (QED) is 0.197. The van der Waals surface area contributed by atoms with Crippen molar-refractivity contribution in [1.29, 1.82) is 0 Å². The van der Waals surface area contributed by atoms with E-state index in [0.29, 0.717) is 0 Å². The van der Waals surface area contributed by atoms with Gasteiger partial charge in [0.05, 0.1) is 11.4 Å². The van der Waals surface area contributed by atoms with Gasteiger partial charge in [-0.05, 0) is 53.1 Å². The maximum absolute atomic E-state index is 6.59. The Morgan fingerprint density at radius 2 is 1.09 bits per heavy atom. The molecule has 0 aliphatic carbocycles. The summed E-state index contributed by atoms with van der Waals surface area (Å²) in [5.74, 6) is 0. The van der Waals surface area contributed by atoms with Crippen LogP contribution in [0.4, 0.5) is 17.1 Å². The molecular formula is C42H27NOS. The standard InChI is InChI=1S/C42H27NOS/c1-4-14-28(15-5-1)30-24-25-35(34(26-30)29-16-6-2-7-17-29)43(31-18-8-3-9-19-31)36-27-38-41(32-20-10-12-22-37(32)44-38)42-40(36)33-21-11-13-23-39(33)45-42/h1-27H. The Morgan fingerprint density at radius 3 is 1.87 bits per heavy atom. The van der Waals surface area contributed by atoms with Crippen molar-refractivity contribution in [3.63, 3.8) is 0 Å². The summed E-state index contributed by atoms with van der Waals surface area (Å²) in [5, 5.41) is 4.83. The monoisotopic (exact) mass is 593 g/mol. The molecule has 0 amide bonds. The van der Waals surface area contributed by atoms with Gasteiger partial charge in [0.2, 0.25) is 0 Å². The number of furan rings is 1. The Balaban J connectivity index is 1.41. The van der Waals surface area contributed by atoms with Crippen molar-refractivity contribution in [2.24, 2.45) is 0 Å². The molecule has 0 aliphatic rings. The Morgan fingerprint density at radius 1 is 0.444 bits per heavy atom. The Kier molecular flexibility index (Phi) is 6.03. The highest BCUT2D eigenvalue weighted by molar-refractivity contribution is 7.27. The second-order valence-corrected chi connectivity index (χ2v) is 12.4. The van der Waals surface area contributed by atoms with Gasteiger partial charge < -0.3 is 9.32 Å². The van der Waals surface area contributed by atoms with Crippen molar-refractivity contribution < 1.29 is 4.42 Å². The van der Waals surface area contributed by atoms with E-state index in [9.17, 15) is 0 Å². The van der Waals surface area contributed by atoms with E-state index in [1.165, 1.54) is 42.2 Å². The number of hydrogen-bond donors (Lipinski definition) is 0. The summed E-state index contributed by atoms with van der Waals surface area (Å²) in [6, 6.07) is 58.3. The summed E-state index contributed by atoms with van der Waals surface area (Å²) in [4.78, 5) is 2.42. The first-order chi connectivity index (χ1) is 22.3. The third-order valence-electron chi connectivity index (χ3n) is 8.65. The zero-order valence-electron chi connectivity index (χ0n) is 24.4. The molecule has 0 fully saturated rings. The molecule has 2 aromatic heterocycles. The van der Waals surface area contributed by atoms with E-state index in [0.717, 1.165) is 39.2 Å². The van der Waals surface area contributed by atoms with E-state index in [1.807, 2.05) is 17.4 Å². The Bertz CT molecular complexity index is 2480. The predicted molar refractivity (Wildman–Crippen MR) is 192 cm³/mol. The lowest BCUT2D eigenvalue weighted by Gasteiger charge is -2.29. The minimum Gasteiger partial charge on any atom is -0.456 e. The first-order valence-electron chi connectivity index (χ1n) is 15.2. The topological polar surface area (TPSA) is 16.4 Å². The van der Waals surface area contributed by atoms with Gasteiger partial charge in [-0.25, -0.2) is 0 Å². The van der Waals surface area contributed by atoms with Gasteiger partial charge >= 0.3 is 0 Å². The fourth-order valence-corrected chi connectivity index (χ4v) is 7.90. The lowest BCUT2D eigenvalue weighted by atomic mass is 9.95. The highest BCUT2D eigenvalue weighted by Crippen LogP contribution is 2.51. The van der Waals surface area contributed by atoms with Gasteiger partial charge in [0.25, 0.3) is 0 Å². The summed E-state index contributed by atoms with van der Waals surface area (Å²) in [6.45, 7) is 0. The van der Waals surface area contributed by atoms with E-state index in [2.05, 4.69) is 163 Å². The molecule has 0 bridgehead atoms. The molecule has 7 aromatic carbocycles. The molecule has 0 N–H and O–H groups in total. The molecule has 0 saturated heterocycles. The van der Waals surface area contributed by atoms with Crippen LogP contribution >= 0.6 is 11.3 Å². The number of thiophene rings is 1. The molecule has 0 radical (unpaired) electrons. The molecule has 0 saturated carbocycles. The minimum atomic E-state index is 0.897. The molecule has 2 heterocycles. The number of para-hydroxylation sites is 2. The molecular weight excluding hydrogens is 567 g/mol. The second kappa shape index (κ2) is 10.5. The van der Waals surface area contributed by atoms with Crippen molar-refractivity contribution in [2.45, 2.75) is 0 Å². The molecule has 9 aromatic rings. The second-order valence-electron chi connectivity index (χ2n) is 11.3. The first kappa shape index (κ1) is 25.8. The van der Waals surface area contributed by atoms with Gasteiger partial charge in [0, 0.05) is 48.3 Å². The molecule has 0 unspecified atom stereocenters. The summed E-state index contributed by atoms with van der Waals surface area (Å²) < 4.78 is 9.10. The SMILES string of the molecule is c1ccc(-c2ccc(N(c3ccccc3)c3cc4oc5ccccc5c4c4sc5ccccc5c34)c(-c3ccccc3)c2)cc1. The van der Waals surface area contributed by atoms with Crippen molar-refractivity contribution in [2.75, 3.05) is 4.90 Å². The summed E-state index contributed by atoms with van der Waals surface area (Å²) in [7, 11) is 0. The number of benzene rings is 7. The van der Waals surface area contributed by atoms with Crippen LogP contribution in [0.15, 0.2) is 168 Å². The highest BCUT2D eigenvalue weighted by Gasteiger charge is 2.25. The summed E-state index contributed by atoms with van der Waals surface area (Å²) >= 11 is 1.85. The molecule has 9 rings (SSSR count). The Hall–Kier alpha value is -5.64. The maximum atomic E-state index is 6.59. The van der Waals surface area contributed by atoms with Crippen LogP contribution in [0, 0.1) is 0 Å². The van der Waals surface area contributed by atoms with Crippen LogP contribution in [-0.2, 0) is 0 Å². The third kappa shape index (κ3) is 4.24. The third-order valence-corrected chi connectivity index (χ3v) is 9.84. The smallest absolute Gasteiger partial charge is 0.138 e. The number of rotatable bonds is 5. The molecule has 3 heteroatoms. The zero-order valence-corrected chi connectivity index (χ0v) is 25.2. The van der Waals surface area contributed by atoms with Crippen LogP contribution in [0.25, 0.3) is 64.4 Å². The van der Waals surface area contributed by atoms with Crippen LogP contribution in [0.2, 0.25) is 0 Å². The molecule has 212 valence electrons. The van der Waals surface area contributed by atoms with E-state index in [-0.39, 0.29) is 0 Å². The van der Waals surface area contributed by atoms with Gasteiger partial charge in [0.15, 0.2) is 0 Å². The number of anilines is 3. The number of hydrogen-bond acceptors (Lipinski definition) is 3. The number of fused-ring (bicyclic) bond motifs is 7. The van der Waals surface area contributed by atoms with Gasteiger partial charge in [-0.3, -0.25) is 0 Å². The zero-order chi connectivity index (χ0) is 29.7. The van der Waals surface area contributed by atoms with E-state index >= 15 is 0 Å². The van der Waals surface area contributed by atoms with Crippen molar-refractivity contribution >= 4 is 70.5 Å². The summed E-state index contributed by atoms with van der Waals surface area (Å²) in [6.07, 6.45) is 0. The van der Waals surface area contributed by atoms with Gasteiger partial charge in [-0.15, -0.1) is 11.3 Å². The molecule has 0 spiro atoms. The highest BCUT2D eigenvalue weighted by atomic mass is 32.1. The minimum absolute atomic E-state index is 0.897.